The van der Waals surface area contributed by atoms with Gasteiger partial charge in [0.15, 0.2) is 5.84 Å². The summed E-state index contributed by atoms with van der Waals surface area (Å²) in [5, 5.41) is 11.5. The lowest BCUT2D eigenvalue weighted by atomic mass is 10.3. The highest BCUT2D eigenvalue weighted by Crippen LogP contribution is 2.11. The quantitative estimate of drug-likeness (QED) is 0.332. The number of pyridine rings is 1. The molecule has 0 radical (unpaired) electrons. The van der Waals surface area contributed by atoms with E-state index in [2.05, 4.69) is 19.9 Å². The summed E-state index contributed by atoms with van der Waals surface area (Å²) in [6, 6.07) is 5.92. The molecule has 1 saturated heterocycles. The summed E-state index contributed by atoms with van der Waals surface area (Å²) in [6.45, 7) is 4.14. The van der Waals surface area contributed by atoms with Crippen LogP contribution in [-0.4, -0.2) is 53.7 Å². The Balaban J connectivity index is 1.86. The number of nitrogens with two attached hydrogens (primary N) is 1. The van der Waals surface area contributed by atoms with Gasteiger partial charge in [-0.2, -0.15) is 0 Å². The zero-order valence-corrected chi connectivity index (χ0v) is 9.66. The second-order valence-corrected chi connectivity index (χ2v) is 4.04. The van der Waals surface area contributed by atoms with Gasteiger partial charge in [0.1, 0.15) is 5.82 Å². The second kappa shape index (κ2) is 5.49. The largest absolute Gasteiger partial charge is 0.409 e. The molecule has 6 heteroatoms. The minimum atomic E-state index is 0.260. The maximum atomic E-state index is 8.51. The summed E-state index contributed by atoms with van der Waals surface area (Å²) in [7, 11) is 0. The van der Waals surface area contributed by atoms with E-state index < -0.39 is 0 Å². The van der Waals surface area contributed by atoms with E-state index >= 15 is 0 Å². The molecule has 0 atom stereocenters. The number of aromatic nitrogens is 1. The molecule has 1 aromatic heterocycles. The molecular weight excluding hydrogens is 218 g/mol. The smallest absolute Gasteiger partial charge is 0.153 e. The van der Waals surface area contributed by atoms with Crippen molar-refractivity contribution in [3.63, 3.8) is 0 Å². The highest BCUT2D eigenvalue weighted by atomic mass is 16.4. The van der Waals surface area contributed by atoms with Crippen LogP contribution in [0.1, 0.15) is 0 Å². The van der Waals surface area contributed by atoms with E-state index in [0.29, 0.717) is 6.54 Å². The standard InChI is InChI=1S/C11H17N5O/c12-10(14-17)9-15-5-7-16(8-6-15)11-3-1-2-4-13-11/h1-4,17H,5-9H2,(H2,12,14). The van der Waals surface area contributed by atoms with Crippen molar-refractivity contribution in [1.82, 2.24) is 9.88 Å². The highest BCUT2D eigenvalue weighted by Gasteiger charge is 2.18. The summed E-state index contributed by atoms with van der Waals surface area (Å²) in [5.41, 5.74) is 5.48. The Kier molecular flexibility index (Phi) is 3.77. The van der Waals surface area contributed by atoms with Crippen molar-refractivity contribution in [2.24, 2.45) is 10.9 Å². The molecule has 0 bridgehead atoms. The Bertz CT molecular complexity index is 373. The monoisotopic (exact) mass is 235 g/mol. The molecule has 0 amide bonds. The van der Waals surface area contributed by atoms with Crippen molar-refractivity contribution in [2.45, 2.75) is 0 Å². The van der Waals surface area contributed by atoms with Gasteiger partial charge < -0.3 is 15.8 Å². The minimum Gasteiger partial charge on any atom is -0.409 e. The van der Waals surface area contributed by atoms with E-state index in [4.69, 9.17) is 10.9 Å². The number of rotatable bonds is 3. The number of nitrogens with zero attached hydrogens (tertiary/aromatic N) is 4. The maximum absolute atomic E-state index is 8.51. The van der Waals surface area contributed by atoms with Crippen molar-refractivity contribution < 1.29 is 5.21 Å². The summed E-state index contributed by atoms with van der Waals surface area (Å²) in [5.74, 6) is 1.27. The Morgan fingerprint density at radius 1 is 1.35 bits per heavy atom. The summed E-state index contributed by atoms with van der Waals surface area (Å²) < 4.78 is 0. The third kappa shape index (κ3) is 3.07. The molecule has 17 heavy (non-hydrogen) atoms. The van der Waals surface area contributed by atoms with E-state index in [1.54, 1.807) is 6.20 Å². The fourth-order valence-corrected chi connectivity index (χ4v) is 1.94. The van der Waals surface area contributed by atoms with Crippen LogP contribution < -0.4 is 10.6 Å². The van der Waals surface area contributed by atoms with Crippen LogP contribution in [0, 0.1) is 0 Å². The zero-order valence-electron chi connectivity index (χ0n) is 9.66. The molecule has 0 saturated carbocycles. The van der Waals surface area contributed by atoms with Crippen LogP contribution in [0.4, 0.5) is 5.82 Å². The third-order valence-corrected chi connectivity index (χ3v) is 2.86. The van der Waals surface area contributed by atoms with E-state index in [0.717, 1.165) is 32.0 Å². The Hall–Kier alpha value is -1.82. The molecule has 0 unspecified atom stereocenters. The molecule has 6 nitrogen and oxygen atoms in total. The van der Waals surface area contributed by atoms with Gasteiger partial charge in [-0.25, -0.2) is 4.98 Å². The average Bonchev–Trinajstić information content (AvgIpc) is 2.40. The van der Waals surface area contributed by atoms with Gasteiger partial charge in [0.05, 0.1) is 6.54 Å². The van der Waals surface area contributed by atoms with Crippen LogP contribution >= 0.6 is 0 Å². The molecule has 92 valence electrons. The fraction of sp³-hybridized carbons (Fsp3) is 0.455. The molecule has 1 aromatic rings. The zero-order chi connectivity index (χ0) is 12.1. The first-order chi connectivity index (χ1) is 8.29. The summed E-state index contributed by atoms with van der Waals surface area (Å²) >= 11 is 0. The summed E-state index contributed by atoms with van der Waals surface area (Å²) in [4.78, 5) is 8.72. The van der Waals surface area contributed by atoms with Crippen molar-refractivity contribution >= 4 is 11.7 Å². The van der Waals surface area contributed by atoms with Gasteiger partial charge in [0.2, 0.25) is 0 Å². The second-order valence-electron chi connectivity index (χ2n) is 4.04. The van der Waals surface area contributed by atoms with Crippen molar-refractivity contribution in [2.75, 3.05) is 37.6 Å². The molecule has 0 aromatic carbocycles. The molecule has 2 rings (SSSR count). The number of anilines is 1. The summed E-state index contributed by atoms with van der Waals surface area (Å²) in [6.07, 6.45) is 1.80. The van der Waals surface area contributed by atoms with E-state index in [1.165, 1.54) is 0 Å². The van der Waals surface area contributed by atoms with Crippen LogP contribution in [0.25, 0.3) is 0 Å². The minimum absolute atomic E-state index is 0.260. The number of hydrogen-bond donors (Lipinski definition) is 2. The van der Waals surface area contributed by atoms with Gasteiger partial charge in [-0.05, 0) is 12.1 Å². The molecule has 0 spiro atoms. The van der Waals surface area contributed by atoms with E-state index in [-0.39, 0.29) is 5.84 Å². The average molecular weight is 235 g/mol. The maximum Gasteiger partial charge on any atom is 0.153 e. The molecule has 3 N–H and O–H groups in total. The number of hydrogen-bond acceptors (Lipinski definition) is 5. The number of amidine groups is 1. The van der Waals surface area contributed by atoms with Crippen LogP contribution in [0.5, 0.6) is 0 Å². The highest BCUT2D eigenvalue weighted by molar-refractivity contribution is 5.81. The Labute approximate surface area is 100 Å². The lowest BCUT2D eigenvalue weighted by Gasteiger charge is -2.34. The van der Waals surface area contributed by atoms with Gasteiger partial charge in [-0.15, -0.1) is 0 Å². The van der Waals surface area contributed by atoms with Gasteiger partial charge in [-0.3, -0.25) is 4.90 Å². The van der Waals surface area contributed by atoms with Gasteiger partial charge in [0.25, 0.3) is 0 Å². The molecular formula is C11H17N5O. The van der Waals surface area contributed by atoms with E-state index in [9.17, 15) is 0 Å². The first-order valence-electron chi connectivity index (χ1n) is 5.64. The van der Waals surface area contributed by atoms with Crippen molar-refractivity contribution in [1.29, 1.82) is 0 Å². The predicted octanol–water partition coefficient (Wildman–Crippen LogP) is -0.0500. The van der Waals surface area contributed by atoms with Crippen LogP contribution in [0.2, 0.25) is 0 Å². The molecule has 2 heterocycles. The Morgan fingerprint density at radius 2 is 2.12 bits per heavy atom. The molecule has 1 fully saturated rings. The third-order valence-electron chi connectivity index (χ3n) is 2.86. The molecule has 0 aliphatic carbocycles. The first kappa shape index (κ1) is 11.7. The molecule has 1 aliphatic heterocycles. The SMILES string of the molecule is NC(CN1CCN(c2ccccn2)CC1)=NO. The first-order valence-corrected chi connectivity index (χ1v) is 5.64. The normalized spacial score (nSPS) is 18.4. The van der Waals surface area contributed by atoms with Gasteiger partial charge >= 0.3 is 0 Å². The number of piperazine rings is 1. The van der Waals surface area contributed by atoms with Gasteiger partial charge in [0, 0.05) is 32.4 Å². The lowest BCUT2D eigenvalue weighted by molar-refractivity contribution is 0.278. The topological polar surface area (TPSA) is 78.0 Å². The van der Waals surface area contributed by atoms with Crippen molar-refractivity contribution in [3.05, 3.63) is 24.4 Å². The van der Waals surface area contributed by atoms with Crippen LogP contribution in [0.3, 0.4) is 0 Å². The number of oxime groups is 1. The van der Waals surface area contributed by atoms with E-state index in [1.807, 2.05) is 18.2 Å². The lowest BCUT2D eigenvalue weighted by Crippen LogP contribution is -2.49. The van der Waals surface area contributed by atoms with Crippen LogP contribution in [0.15, 0.2) is 29.6 Å². The van der Waals surface area contributed by atoms with Crippen molar-refractivity contribution in [3.8, 4) is 0 Å². The fourth-order valence-electron chi connectivity index (χ4n) is 1.94. The van der Waals surface area contributed by atoms with Crippen LogP contribution in [-0.2, 0) is 0 Å². The van der Waals surface area contributed by atoms with Gasteiger partial charge in [-0.1, -0.05) is 11.2 Å². The predicted molar refractivity (Wildman–Crippen MR) is 66.3 cm³/mol. The Morgan fingerprint density at radius 3 is 2.71 bits per heavy atom. The molecule has 1 aliphatic rings.